The van der Waals surface area contributed by atoms with Gasteiger partial charge in [0.2, 0.25) is 0 Å². The second-order valence-electron chi connectivity index (χ2n) is 9.76. The van der Waals surface area contributed by atoms with Gasteiger partial charge >= 0.3 is 11.9 Å². The third kappa shape index (κ3) is 2.65. The van der Waals surface area contributed by atoms with Crippen LogP contribution in [0.1, 0.15) is 45.8 Å². The number of ether oxygens (including phenoxy) is 2. The smallest absolute Gasteiger partial charge is 0.355 e. The van der Waals surface area contributed by atoms with E-state index in [1.165, 1.54) is 14.2 Å². The number of hydrogen-bond acceptors (Lipinski definition) is 5. The highest BCUT2D eigenvalue weighted by Crippen LogP contribution is 2.43. The monoisotopic (exact) mass is 480 g/mol. The molecule has 0 atom stereocenters. The minimum absolute atomic E-state index is 0.0947. The second-order valence-corrected chi connectivity index (χ2v) is 9.76. The Kier molecular flexibility index (Phi) is 4.48. The van der Waals surface area contributed by atoms with Crippen molar-refractivity contribution in [2.45, 2.75) is 26.2 Å². The highest BCUT2D eigenvalue weighted by Gasteiger charge is 2.40. The number of carbonyl (C=O) groups is 2. The summed E-state index contributed by atoms with van der Waals surface area (Å²) in [6.07, 6.45) is 2.00. The van der Waals surface area contributed by atoms with E-state index in [1.807, 2.05) is 75.4 Å². The van der Waals surface area contributed by atoms with E-state index >= 15 is 0 Å². The normalized spacial score (nSPS) is 13.9. The van der Waals surface area contributed by atoms with Gasteiger partial charge in [-0.3, -0.25) is 9.36 Å². The molecule has 0 saturated heterocycles. The van der Waals surface area contributed by atoms with E-state index in [4.69, 9.17) is 9.47 Å². The van der Waals surface area contributed by atoms with Gasteiger partial charge in [0.25, 0.3) is 5.56 Å². The van der Waals surface area contributed by atoms with Gasteiger partial charge in [0, 0.05) is 27.4 Å². The zero-order valence-corrected chi connectivity index (χ0v) is 20.6. The third-order valence-electron chi connectivity index (χ3n) is 7.19. The van der Waals surface area contributed by atoms with Crippen LogP contribution >= 0.6 is 0 Å². The maximum atomic E-state index is 14.1. The number of aryl methyl sites for hydroxylation is 1. The molecule has 7 nitrogen and oxygen atoms in total. The lowest BCUT2D eigenvalue weighted by atomic mass is 9.79. The summed E-state index contributed by atoms with van der Waals surface area (Å²) in [6.45, 7) is 5.94. The van der Waals surface area contributed by atoms with Crippen LogP contribution in [0.5, 0.6) is 0 Å². The van der Waals surface area contributed by atoms with Gasteiger partial charge in [0.15, 0.2) is 0 Å². The molecular formula is C29H24N2O5. The summed E-state index contributed by atoms with van der Waals surface area (Å²) in [4.78, 5) is 40.5. The van der Waals surface area contributed by atoms with Crippen molar-refractivity contribution in [2.75, 3.05) is 14.2 Å². The summed E-state index contributed by atoms with van der Waals surface area (Å²) >= 11 is 0. The van der Waals surface area contributed by atoms with Crippen LogP contribution in [0, 0.1) is 6.92 Å². The molecule has 0 fully saturated rings. The lowest BCUT2D eigenvalue weighted by Gasteiger charge is -2.25. The molecule has 0 aliphatic heterocycles. The zero-order valence-electron chi connectivity index (χ0n) is 20.6. The highest BCUT2D eigenvalue weighted by molar-refractivity contribution is 6.19. The summed E-state index contributed by atoms with van der Waals surface area (Å²) in [5.41, 5.74) is 3.16. The number of benzene rings is 2. The predicted molar refractivity (Wildman–Crippen MR) is 138 cm³/mol. The highest BCUT2D eigenvalue weighted by atomic mass is 16.5. The van der Waals surface area contributed by atoms with Gasteiger partial charge < -0.3 is 13.9 Å². The molecule has 0 saturated carbocycles. The van der Waals surface area contributed by atoms with Crippen molar-refractivity contribution < 1.29 is 19.1 Å². The Labute approximate surface area is 206 Å². The van der Waals surface area contributed by atoms with Crippen molar-refractivity contribution in [3.8, 4) is 5.69 Å². The summed E-state index contributed by atoms with van der Waals surface area (Å²) in [6, 6.07) is 15.2. The van der Waals surface area contributed by atoms with Gasteiger partial charge in [0.1, 0.15) is 5.69 Å². The molecule has 36 heavy (non-hydrogen) atoms. The van der Waals surface area contributed by atoms with Crippen LogP contribution in [-0.4, -0.2) is 35.1 Å². The number of fused-ring (bicyclic) bond motifs is 3. The number of methoxy groups -OCH3 is 2. The topological polar surface area (TPSA) is 79.0 Å². The zero-order chi connectivity index (χ0) is 25.5. The maximum absolute atomic E-state index is 14.1. The van der Waals surface area contributed by atoms with E-state index in [0.29, 0.717) is 32.8 Å². The van der Waals surface area contributed by atoms with Gasteiger partial charge in [-0.05, 0) is 31.2 Å². The van der Waals surface area contributed by atoms with Gasteiger partial charge in [-0.15, -0.1) is 0 Å². The first-order chi connectivity index (χ1) is 17.2. The molecule has 0 radical (unpaired) electrons. The Morgan fingerprint density at radius 2 is 1.56 bits per heavy atom. The first kappa shape index (κ1) is 22.1. The molecule has 7 heteroatoms. The first-order valence-electron chi connectivity index (χ1n) is 11.7. The third-order valence-corrected chi connectivity index (χ3v) is 7.19. The number of aromatic nitrogens is 2. The van der Waals surface area contributed by atoms with Crippen molar-refractivity contribution >= 4 is 45.2 Å². The van der Waals surface area contributed by atoms with Crippen LogP contribution in [0.4, 0.5) is 0 Å². The Morgan fingerprint density at radius 1 is 0.889 bits per heavy atom. The molecule has 3 heterocycles. The quantitative estimate of drug-likeness (QED) is 0.364. The molecule has 0 N–H and O–H groups in total. The SMILES string of the molecule is COC(=O)c1c2c3c4c(n(-c5ccc(C)cc5)c(=O)c4c4ccccc4n3c1C(=O)OC)=CC2(C)C. The average molecular weight is 481 g/mol. The second kappa shape index (κ2) is 7.31. The van der Waals surface area contributed by atoms with E-state index in [9.17, 15) is 14.4 Å². The number of rotatable bonds is 3. The fourth-order valence-electron chi connectivity index (χ4n) is 5.71. The number of carbonyl (C=O) groups excluding carboxylic acids is 2. The molecule has 180 valence electrons. The molecule has 5 aromatic rings. The molecule has 0 unspecified atom stereocenters. The molecule has 2 aromatic carbocycles. The summed E-state index contributed by atoms with van der Waals surface area (Å²) in [5, 5.41) is 2.67. The molecule has 0 bridgehead atoms. The van der Waals surface area contributed by atoms with Crippen molar-refractivity contribution in [1.29, 1.82) is 0 Å². The Hall–Kier alpha value is -4.39. The maximum Gasteiger partial charge on any atom is 0.355 e. The Bertz CT molecular complexity index is 1890. The van der Waals surface area contributed by atoms with Gasteiger partial charge in [-0.25, -0.2) is 9.59 Å². The van der Waals surface area contributed by atoms with Crippen LogP contribution in [0.3, 0.4) is 0 Å². The van der Waals surface area contributed by atoms with Crippen molar-refractivity contribution in [2.24, 2.45) is 0 Å². The van der Waals surface area contributed by atoms with E-state index in [-0.39, 0.29) is 16.8 Å². The minimum Gasteiger partial charge on any atom is -0.465 e. The van der Waals surface area contributed by atoms with Crippen LogP contribution in [-0.2, 0) is 14.9 Å². The fourth-order valence-corrected chi connectivity index (χ4v) is 5.71. The van der Waals surface area contributed by atoms with Crippen LogP contribution in [0.25, 0.3) is 39.0 Å². The molecule has 3 aromatic heterocycles. The van der Waals surface area contributed by atoms with Crippen molar-refractivity contribution in [3.05, 3.63) is 86.6 Å². The Balaban J connectivity index is 1.99. The molecule has 1 aliphatic carbocycles. The van der Waals surface area contributed by atoms with Gasteiger partial charge in [0.05, 0.1) is 41.6 Å². The first-order valence-corrected chi connectivity index (χ1v) is 11.7. The lowest BCUT2D eigenvalue weighted by Crippen LogP contribution is -2.30. The number of hydrogen-bond donors (Lipinski definition) is 0. The number of para-hydroxylation sites is 1. The molecule has 6 rings (SSSR count). The molecular weight excluding hydrogens is 456 g/mol. The van der Waals surface area contributed by atoms with Crippen LogP contribution in [0.15, 0.2) is 53.3 Å². The van der Waals surface area contributed by atoms with Crippen LogP contribution in [0.2, 0.25) is 0 Å². The number of nitrogens with zero attached hydrogens (tertiary/aromatic N) is 2. The van der Waals surface area contributed by atoms with E-state index in [2.05, 4.69) is 0 Å². The lowest BCUT2D eigenvalue weighted by molar-refractivity contribution is 0.0549. The standard InChI is InChI=1S/C29H24N2O5/c1-15-10-12-16(13-11-15)30-19-14-29(2,3)23-22(27(33)35-4)25(28(34)36-5)31-18-9-7-6-8-17(18)20(26(30)32)21(19)24(23)31/h6-14H,1-5H3. The molecule has 0 spiro atoms. The van der Waals surface area contributed by atoms with E-state index in [1.54, 1.807) is 8.97 Å². The van der Waals surface area contributed by atoms with Crippen molar-refractivity contribution in [3.63, 3.8) is 0 Å². The van der Waals surface area contributed by atoms with Gasteiger partial charge in [-0.2, -0.15) is 0 Å². The Morgan fingerprint density at radius 3 is 2.22 bits per heavy atom. The van der Waals surface area contributed by atoms with Gasteiger partial charge in [-0.1, -0.05) is 49.7 Å². The van der Waals surface area contributed by atoms with Crippen molar-refractivity contribution in [1.82, 2.24) is 8.97 Å². The molecule has 1 aliphatic rings. The fraction of sp³-hybridized carbons (Fsp3) is 0.207. The van der Waals surface area contributed by atoms with E-state index < -0.39 is 17.4 Å². The minimum atomic E-state index is -0.712. The summed E-state index contributed by atoms with van der Waals surface area (Å²) < 4.78 is 13.8. The average Bonchev–Trinajstić information content (AvgIpc) is 3.37. The molecule has 0 amide bonds. The summed E-state index contributed by atoms with van der Waals surface area (Å²) in [5.74, 6) is -1.28. The largest absolute Gasteiger partial charge is 0.465 e. The number of pyridine rings is 1. The van der Waals surface area contributed by atoms with Crippen LogP contribution < -0.4 is 10.9 Å². The predicted octanol–water partition coefficient (Wildman–Crippen LogP) is 4.07. The summed E-state index contributed by atoms with van der Waals surface area (Å²) in [7, 11) is 2.58. The van der Waals surface area contributed by atoms with E-state index in [0.717, 1.165) is 16.6 Å². The number of esters is 2.